The molecular formula is C15H21N5O2. The van der Waals surface area contributed by atoms with Crippen LogP contribution in [0.2, 0.25) is 0 Å². The molecule has 1 amide bonds. The van der Waals surface area contributed by atoms with Crippen molar-refractivity contribution in [2.75, 3.05) is 6.54 Å². The van der Waals surface area contributed by atoms with Crippen LogP contribution in [0, 0.1) is 13.8 Å². The van der Waals surface area contributed by atoms with Gasteiger partial charge in [0.05, 0.1) is 11.4 Å². The number of hydrogen-bond donors (Lipinski definition) is 3. The number of nitrogens with zero attached hydrogens (tertiary/aromatic N) is 2. The standard InChI is InChI=1S/C15H21N5O2/c1-8-10(7-17-14(21)11-5-4-6-16-11)9(2)18-13-12(8)15(22)19-20(13)3/h11,16H,4-7H2,1-3H3,(H,17,21)(H,19,22). The summed E-state index contributed by atoms with van der Waals surface area (Å²) in [5, 5.41) is 9.45. The van der Waals surface area contributed by atoms with Crippen molar-refractivity contribution < 1.29 is 4.79 Å². The summed E-state index contributed by atoms with van der Waals surface area (Å²) in [6.45, 7) is 5.09. The molecule has 7 nitrogen and oxygen atoms in total. The highest BCUT2D eigenvalue weighted by Crippen LogP contribution is 2.19. The van der Waals surface area contributed by atoms with Gasteiger partial charge in [0.2, 0.25) is 5.91 Å². The largest absolute Gasteiger partial charge is 0.351 e. The summed E-state index contributed by atoms with van der Waals surface area (Å²) in [6, 6.07) is -0.0996. The summed E-state index contributed by atoms with van der Waals surface area (Å²) in [4.78, 5) is 28.6. The van der Waals surface area contributed by atoms with Crippen LogP contribution in [-0.2, 0) is 18.4 Å². The van der Waals surface area contributed by atoms with Crippen molar-refractivity contribution in [3.63, 3.8) is 0 Å². The maximum Gasteiger partial charge on any atom is 0.273 e. The fourth-order valence-electron chi connectivity index (χ4n) is 3.12. The number of H-pyrrole nitrogens is 1. The van der Waals surface area contributed by atoms with Gasteiger partial charge in [-0.3, -0.25) is 19.4 Å². The summed E-state index contributed by atoms with van der Waals surface area (Å²) in [7, 11) is 1.77. The molecule has 1 saturated heterocycles. The van der Waals surface area contributed by atoms with Crippen molar-refractivity contribution in [3.05, 3.63) is 27.2 Å². The molecule has 0 spiro atoms. The molecule has 2 aromatic heterocycles. The lowest BCUT2D eigenvalue weighted by Gasteiger charge is -2.14. The average Bonchev–Trinajstić information content (AvgIpc) is 3.07. The van der Waals surface area contributed by atoms with Gasteiger partial charge in [0, 0.05) is 19.3 Å². The molecule has 1 aliphatic heterocycles. The first-order chi connectivity index (χ1) is 10.5. The minimum atomic E-state index is -0.146. The second-order valence-electron chi connectivity index (χ2n) is 5.87. The monoisotopic (exact) mass is 303 g/mol. The van der Waals surface area contributed by atoms with Gasteiger partial charge in [-0.05, 0) is 44.4 Å². The Morgan fingerprint density at radius 3 is 2.91 bits per heavy atom. The van der Waals surface area contributed by atoms with Crippen LogP contribution in [0.4, 0.5) is 0 Å². The number of hydrogen-bond acceptors (Lipinski definition) is 4. The van der Waals surface area contributed by atoms with Crippen molar-refractivity contribution in [2.24, 2.45) is 7.05 Å². The number of aryl methyl sites for hydroxylation is 3. The average molecular weight is 303 g/mol. The summed E-state index contributed by atoms with van der Waals surface area (Å²) in [6.07, 6.45) is 1.91. The van der Waals surface area contributed by atoms with E-state index < -0.39 is 0 Å². The van der Waals surface area contributed by atoms with E-state index in [0.29, 0.717) is 17.6 Å². The maximum atomic E-state index is 12.1. The van der Waals surface area contributed by atoms with E-state index in [1.807, 2.05) is 13.8 Å². The highest BCUT2D eigenvalue weighted by Gasteiger charge is 2.22. The summed E-state index contributed by atoms with van der Waals surface area (Å²) in [5.74, 6) is 0.0124. The van der Waals surface area contributed by atoms with E-state index in [0.717, 1.165) is 36.2 Å². The van der Waals surface area contributed by atoms with E-state index >= 15 is 0 Å². The van der Waals surface area contributed by atoms with Crippen molar-refractivity contribution >= 4 is 16.9 Å². The molecule has 3 rings (SSSR count). The second-order valence-corrected chi connectivity index (χ2v) is 5.87. The lowest BCUT2D eigenvalue weighted by atomic mass is 10.0. The van der Waals surface area contributed by atoms with Gasteiger partial charge in [0.15, 0.2) is 5.65 Å². The Hall–Kier alpha value is -2.15. The third kappa shape index (κ3) is 2.41. The molecule has 3 heterocycles. The SMILES string of the molecule is Cc1nc2c(c(C)c1CNC(=O)C1CCCN1)c(=O)[nH]n2C. The normalized spacial score (nSPS) is 18.0. The van der Waals surface area contributed by atoms with Gasteiger partial charge in [-0.15, -0.1) is 0 Å². The van der Waals surface area contributed by atoms with Crippen molar-refractivity contribution in [1.82, 2.24) is 25.4 Å². The molecule has 2 aromatic rings. The zero-order valence-electron chi connectivity index (χ0n) is 13.1. The third-order valence-electron chi connectivity index (χ3n) is 4.39. The molecule has 0 bridgehead atoms. The first-order valence-corrected chi connectivity index (χ1v) is 7.55. The summed E-state index contributed by atoms with van der Waals surface area (Å²) < 4.78 is 1.63. The Kier molecular flexibility index (Phi) is 3.74. The van der Waals surface area contributed by atoms with Gasteiger partial charge in [0.25, 0.3) is 5.56 Å². The number of carbonyl (C=O) groups excluding carboxylic acids is 1. The topological polar surface area (TPSA) is 91.8 Å². The third-order valence-corrected chi connectivity index (χ3v) is 4.39. The molecule has 22 heavy (non-hydrogen) atoms. The fraction of sp³-hybridized carbons (Fsp3) is 0.533. The van der Waals surface area contributed by atoms with Gasteiger partial charge in [-0.1, -0.05) is 0 Å². The molecule has 7 heteroatoms. The Balaban J connectivity index is 1.89. The smallest absolute Gasteiger partial charge is 0.273 e. The minimum Gasteiger partial charge on any atom is -0.351 e. The van der Waals surface area contributed by atoms with Gasteiger partial charge < -0.3 is 10.6 Å². The summed E-state index contributed by atoms with van der Waals surface area (Å²) >= 11 is 0. The van der Waals surface area contributed by atoms with Crippen LogP contribution in [-0.4, -0.2) is 33.3 Å². The number of aromatic amines is 1. The maximum absolute atomic E-state index is 12.1. The highest BCUT2D eigenvalue weighted by atomic mass is 16.2. The number of pyridine rings is 1. The van der Waals surface area contributed by atoms with Crippen LogP contribution < -0.4 is 16.2 Å². The van der Waals surface area contributed by atoms with E-state index in [4.69, 9.17) is 0 Å². The molecule has 1 atom stereocenters. The molecule has 1 aliphatic rings. The predicted octanol–water partition coefficient (Wildman–Crippen LogP) is 0.247. The Bertz CT molecular complexity index is 783. The molecule has 0 radical (unpaired) electrons. The van der Waals surface area contributed by atoms with E-state index in [9.17, 15) is 9.59 Å². The van der Waals surface area contributed by atoms with Gasteiger partial charge in [0.1, 0.15) is 0 Å². The number of carbonyl (C=O) groups is 1. The van der Waals surface area contributed by atoms with E-state index in [1.165, 1.54) is 0 Å². The quantitative estimate of drug-likeness (QED) is 0.758. The second kappa shape index (κ2) is 5.57. The Labute approximate surface area is 128 Å². The predicted molar refractivity (Wildman–Crippen MR) is 83.7 cm³/mol. The first-order valence-electron chi connectivity index (χ1n) is 7.55. The van der Waals surface area contributed by atoms with Crippen LogP contribution in [0.15, 0.2) is 4.79 Å². The molecule has 0 saturated carbocycles. The van der Waals surface area contributed by atoms with Gasteiger partial charge >= 0.3 is 0 Å². The first kappa shape index (κ1) is 14.8. The number of rotatable bonds is 3. The number of fused-ring (bicyclic) bond motifs is 1. The molecule has 118 valence electrons. The molecule has 0 aromatic carbocycles. The highest BCUT2D eigenvalue weighted by molar-refractivity contribution is 5.83. The van der Waals surface area contributed by atoms with Gasteiger partial charge in [-0.2, -0.15) is 0 Å². The molecule has 1 unspecified atom stereocenters. The minimum absolute atomic E-state index is 0.0124. The number of aromatic nitrogens is 3. The van der Waals surface area contributed by atoms with Crippen LogP contribution in [0.5, 0.6) is 0 Å². The zero-order chi connectivity index (χ0) is 15.9. The molecule has 1 fully saturated rings. The van der Waals surface area contributed by atoms with E-state index in [2.05, 4.69) is 20.7 Å². The zero-order valence-corrected chi connectivity index (χ0v) is 13.1. The van der Waals surface area contributed by atoms with Crippen LogP contribution in [0.3, 0.4) is 0 Å². The fourth-order valence-corrected chi connectivity index (χ4v) is 3.12. The molecule has 0 aliphatic carbocycles. The number of amides is 1. The summed E-state index contributed by atoms with van der Waals surface area (Å²) in [5.41, 5.74) is 3.12. The lowest BCUT2D eigenvalue weighted by molar-refractivity contribution is -0.122. The lowest BCUT2D eigenvalue weighted by Crippen LogP contribution is -2.40. The van der Waals surface area contributed by atoms with Crippen LogP contribution in [0.25, 0.3) is 11.0 Å². The van der Waals surface area contributed by atoms with Crippen LogP contribution in [0.1, 0.15) is 29.7 Å². The molecule has 3 N–H and O–H groups in total. The Morgan fingerprint density at radius 2 is 2.23 bits per heavy atom. The number of nitrogens with one attached hydrogen (secondary N) is 3. The van der Waals surface area contributed by atoms with Crippen molar-refractivity contribution in [1.29, 1.82) is 0 Å². The van der Waals surface area contributed by atoms with Crippen molar-refractivity contribution in [2.45, 2.75) is 39.3 Å². The molecular weight excluding hydrogens is 282 g/mol. The van der Waals surface area contributed by atoms with Crippen molar-refractivity contribution in [3.8, 4) is 0 Å². The van der Waals surface area contributed by atoms with E-state index in [1.54, 1.807) is 11.7 Å². The van der Waals surface area contributed by atoms with Gasteiger partial charge in [-0.25, -0.2) is 4.98 Å². The van der Waals surface area contributed by atoms with E-state index in [-0.39, 0.29) is 17.5 Å². The van der Waals surface area contributed by atoms with Crippen LogP contribution >= 0.6 is 0 Å². The Morgan fingerprint density at radius 1 is 1.45 bits per heavy atom.